The maximum Gasteiger partial charge on any atom is 0.123 e. The number of rotatable bonds is 7. The highest BCUT2D eigenvalue weighted by Gasteiger charge is 2.22. The summed E-state index contributed by atoms with van der Waals surface area (Å²) in [6, 6.07) is 6.28. The van der Waals surface area contributed by atoms with Crippen LogP contribution < -0.4 is 5.73 Å². The molecule has 0 amide bonds. The Labute approximate surface area is 115 Å². The highest BCUT2D eigenvalue weighted by atomic mass is 19.1. The fourth-order valence-corrected chi connectivity index (χ4v) is 2.30. The van der Waals surface area contributed by atoms with E-state index in [2.05, 4.69) is 13.8 Å². The highest BCUT2D eigenvalue weighted by molar-refractivity contribution is 5.16. The minimum Gasteiger partial charge on any atom is -0.395 e. The van der Waals surface area contributed by atoms with E-state index >= 15 is 0 Å². The summed E-state index contributed by atoms with van der Waals surface area (Å²) < 4.78 is 12.8. The van der Waals surface area contributed by atoms with E-state index in [0.717, 1.165) is 12.0 Å². The van der Waals surface area contributed by atoms with Crippen molar-refractivity contribution in [3.63, 3.8) is 0 Å². The Morgan fingerprint density at radius 1 is 1.26 bits per heavy atom. The summed E-state index contributed by atoms with van der Waals surface area (Å²) in [5.41, 5.74) is 7.16. The first-order valence-corrected chi connectivity index (χ1v) is 6.75. The lowest BCUT2D eigenvalue weighted by Crippen LogP contribution is -2.48. The van der Waals surface area contributed by atoms with E-state index in [4.69, 9.17) is 5.73 Å². The molecule has 0 aliphatic heterocycles. The fraction of sp³-hybridized carbons (Fsp3) is 0.600. The molecule has 1 rings (SSSR count). The Hall–Kier alpha value is -0.970. The van der Waals surface area contributed by atoms with Crippen LogP contribution in [0.4, 0.5) is 4.39 Å². The molecule has 108 valence electrons. The predicted molar refractivity (Wildman–Crippen MR) is 76.2 cm³/mol. The number of nitrogens with zero attached hydrogens (tertiary/aromatic N) is 1. The minimum atomic E-state index is -0.235. The van der Waals surface area contributed by atoms with Crippen LogP contribution >= 0.6 is 0 Å². The van der Waals surface area contributed by atoms with E-state index in [-0.39, 0.29) is 24.5 Å². The van der Waals surface area contributed by atoms with Crippen molar-refractivity contribution < 1.29 is 9.50 Å². The smallest absolute Gasteiger partial charge is 0.123 e. The zero-order valence-electron chi connectivity index (χ0n) is 12.0. The molecular formula is C15H25FN2O. The van der Waals surface area contributed by atoms with Crippen molar-refractivity contribution in [1.82, 2.24) is 4.90 Å². The fourth-order valence-electron chi connectivity index (χ4n) is 2.30. The second-order valence-corrected chi connectivity index (χ2v) is 5.58. The van der Waals surface area contributed by atoms with Gasteiger partial charge < -0.3 is 10.8 Å². The molecule has 0 radical (unpaired) electrons. The number of halogens is 1. The minimum absolute atomic E-state index is 0.0333. The van der Waals surface area contributed by atoms with E-state index in [1.807, 2.05) is 11.9 Å². The molecule has 4 heteroatoms. The molecule has 0 aliphatic rings. The average molecular weight is 268 g/mol. The van der Waals surface area contributed by atoms with Crippen molar-refractivity contribution in [3.8, 4) is 0 Å². The molecular weight excluding hydrogens is 243 g/mol. The third-order valence-electron chi connectivity index (χ3n) is 3.34. The molecule has 0 bridgehead atoms. The Kier molecular flexibility index (Phi) is 6.42. The molecule has 1 aromatic rings. The Bertz CT molecular complexity index is 367. The van der Waals surface area contributed by atoms with Crippen LogP contribution in [0.3, 0.4) is 0 Å². The normalized spacial score (nSPS) is 14.9. The van der Waals surface area contributed by atoms with Gasteiger partial charge in [-0.3, -0.25) is 4.90 Å². The lowest BCUT2D eigenvalue weighted by atomic mass is 9.97. The van der Waals surface area contributed by atoms with Crippen LogP contribution in [0.2, 0.25) is 0 Å². The maximum absolute atomic E-state index is 12.8. The van der Waals surface area contributed by atoms with Gasteiger partial charge in [-0.25, -0.2) is 4.39 Å². The predicted octanol–water partition coefficient (Wildman–Crippen LogP) is 1.99. The summed E-state index contributed by atoms with van der Waals surface area (Å²) in [6.45, 7) is 4.92. The molecule has 3 N–H and O–H groups in total. The molecule has 0 aromatic heterocycles. The van der Waals surface area contributed by atoms with Gasteiger partial charge in [0.2, 0.25) is 0 Å². The van der Waals surface area contributed by atoms with Crippen LogP contribution in [-0.2, 0) is 6.54 Å². The Morgan fingerprint density at radius 3 is 2.32 bits per heavy atom. The summed E-state index contributed by atoms with van der Waals surface area (Å²) in [5.74, 6) is 0.268. The highest BCUT2D eigenvalue weighted by Crippen LogP contribution is 2.13. The summed E-state index contributed by atoms with van der Waals surface area (Å²) in [7, 11) is 1.93. The number of hydrogen-bond donors (Lipinski definition) is 2. The van der Waals surface area contributed by atoms with E-state index in [1.54, 1.807) is 12.1 Å². The first-order valence-electron chi connectivity index (χ1n) is 6.75. The Morgan fingerprint density at radius 2 is 1.84 bits per heavy atom. The van der Waals surface area contributed by atoms with Crippen LogP contribution in [0, 0.1) is 11.7 Å². The van der Waals surface area contributed by atoms with Crippen molar-refractivity contribution in [1.29, 1.82) is 0 Å². The molecule has 0 aliphatic carbocycles. The molecule has 0 saturated heterocycles. The number of nitrogens with two attached hydrogens (primary N) is 1. The van der Waals surface area contributed by atoms with E-state index in [0.29, 0.717) is 12.5 Å². The molecule has 1 aromatic carbocycles. The molecule has 2 unspecified atom stereocenters. The summed E-state index contributed by atoms with van der Waals surface area (Å²) in [5, 5.41) is 9.52. The van der Waals surface area contributed by atoms with Gasteiger partial charge in [0.25, 0.3) is 0 Å². The SMILES string of the molecule is CC(C)CC(N)C(CO)N(C)Cc1ccc(F)cc1. The van der Waals surface area contributed by atoms with Crippen molar-refractivity contribution in [2.75, 3.05) is 13.7 Å². The van der Waals surface area contributed by atoms with Gasteiger partial charge in [0, 0.05) is 18.6 Å². The number of likely N-dealkylation sites (N-methyl/N-ethyl adjacent to an activating group) is 1. The molecule has 0 spiro atoms. The van der Waals surface area contributed by atoms with Gasteiger partial charge >= 0.3 is 0 Å². The second kappa shape index (κ2) is 7.58. The molecule has 2 atom stereocenters. The lowest BCUT2D eigenvalue weighted by Gasteiger charge is -2.32. The topological polar surface area (TPSA) is 49.5 Å². The van der Waals surface area contributed by atoms with Crippen LogP contribution in [0.15, 0.2) is 24.3 Å². The van der Waals surface area contributed by atoms with Gasteiger partial charge in [-0.15, -0.1) is 0 Å². The third-order valence-corrected chi connectivity index (χ3v) is 3.34. The van der Waals surface area contributed by atoms with Gasteiger partial charge in [0.05, 0.1) is 6.61 Å². The summed E-state index contributed by atoms with van der Waals surface area (Å²) in [4.78, 5) is 2.03. The van der Waals surface area contributed by atoms with E-state index in [1.165, 1.54) is 12.1 Å². The monoisotopic (exact) mass is 268 g/mol. The molecule has 0 heterocycles. The van der Waals surface area contributed by atoms with E-state index in [9.17, 15) is 9.50 Å². The largest absolute Gasteiger partial charge is 0.395 e. The second-order valence-electron chi connectivity index (χ2n) is 5.58. The Balaban J connectivity index is 2.62. The molecule has 3 nitrogen and oxygen atoms in total. The number of benzene rings is 1. The first kappa shape index (κ1) is 16.1. The molecule has 19 heavy (non-hydrogen) atoms. The third kappa shape index (κ3) is 5.27. The van der Waals surface area contributed by atoms with Crippen molar-refractivity contribution in [3.05, 3.63) is 35.6 Å². The molecule has 0 saturated carbocycles. The van der Waals surface area contributed by atoms with Crippen molar-refractivity contribution >= 4 is 0 Å². The van der Waals surface area contributed by atoms with E-state index < -0.39 is 0 Å². The average Bonchev–Trinajstić information content (AvgIpc) is 2.32. The quantitative estimate of drug-likeness (QED) is 0.795. The van der Waals surface area contributed by atoms with Crippen LogP contribution in [0.1, 0.15) is 25.8 Å². The summed E-state index contributed by atoms with van der Waals surface area (Å²) in [6.07, 6.45) is 0.874. The zero-order valence-corrected chi connectivity index (χ0v) is 12.0. The van der Waals surface area contributed by atoms with Crippen molar-refractivity contribution in [2.45, 2.75) is 38.9 Å². The number of aliphatic hydroxyl groups excluding tert-OH is 1. The van der Waals surface area contributed by atoms with Crippen molar-refractivity contribution in [2.24, 2.45) is 11.7 Å². The first-order chi connectivity index (χ1) is 8.93. The van der Waals surface area contributed by atoms with Gasteiger partial charge in [-0.2, -0.15) is 0 Å². The van der Waals surface area contributed by atoms with Gasteiger partial charge in [-0.05, 0) is 37.1 Å². The van der Waals surface area contributed by atoms with Gasteiger partial charge in [0.15, 0.2) is 0 Å². The van der Waals surface area contributed by atoms with Crippen LogP contribution in [-0.4, -0.2) is 35.7 Å². The molecule has 0 fully saturated rings. The van der Waals surface area contributed by atoms with Crippen LogP contribution in [0.5, 0.6) is 0 Å². The number of hydrogen-bond acceptors (Lipinski definition) is 3. The summed E-state index contributed by atoms with van der Waals surface area (Å²) >= 11 is 0. The zero-order chi connectivity index (χ0) is 14.4. The van der Waals surface area contributed by atoms with Crippen LogP contribution in [0.25, 0.3) is 0 Å². The lowest BCUT2D eigenvalue weighted by molar-refractivity contribution is 0.114. The number of aliphatic hydroxyl groups is 1. The maximum atomic E-state index is 12.8. The van der Waals surface area contributed by atoms with Gasteiger partial charge in [0.1, 0.15) is 5.82 Å². The van der Waals surface area contributed by atoms with Gasteiger partial charge in [-0.1, -0.05) is 26.0 Å². The standard InChI is InChI=1S/C15H25FN2O/c1-11(2)8-14(17)15(10-19)18(3)9-12-4-6-13(16)7-5-12/h4-7,11,14-15,19H,8-10,17H2,1-3H3.